The van der Waals surface area contributed by atoms with Crippen LogP contribution in [-0.2, 0) is 9.84 Å². The molecule has 1 heterocycles. The first-order chi connectivity index (χ1) is 8.91. The summed E-state index contributed by atoms with van der Waals surface area (Å²) in [5, 5.41) is 0. The van der Waals surface area contributed by atoms with E-state index in [0.29, 0.717) is 11.4 Å². The van der Waals surface area contributed by atoms with Gasteiger partial charge in [0.15, 0.2) is 5.78 Å². The molecule has 5 nitrogen and oxygen atoms in total. The topological polar surface area (TPSA) is 103 Å². The molecule has 0 aliphatic carbocycles. The summed E-state index contributed by atoms with van der Waals surface area (Å²) in [5.41, 5.74) is 12.1. The Labute approximate surface area is 109 Å². The highest BCUT2D eigenvalue weighted by molar-refractivity contribution is 7.91. The lowest BCUT2D eigenvalue weighted by Crippen LogP contribution is -2.20. The molecule has 1 aliphatic heterocycles. The van der Waals surface area contributed by atoms with Gasteiger partial charge in [0.05, 0.1) is 9.79 Å². The van der Waals surface area contributed by atoms with E-state index in [9.17, 15) is 13.2 Å². The van der Waals surface area contributed by atoms with Crippen molar-refractivity contribution in [1.29, 1.82) is 0 Å². The molecule has 0 unspecified atom stereocenters. The Balaban J connectivity index is 2.43. The van der Waals surface area contributed by atoms with E-state index in [4.69, 9.17) is 11.5 Å². The van der Waals surface area contributed by atoms with Crippen LogP contribution in [0.25, 0.3) is 0 Å². The average Bonchev–Trinajstić information content (AvgIpc) is 2.35. The van der Waals surface area contributed by atoms with Gasteiger partial charge >= 0.3 is 0 Å². The third-order valence-corrected chi connectivity index (χ3v) is 4.95. The second-order valence-electron chi connectivity index (χ2n) is 4.34. The monoisotopic (exact) mass is 274 g/mol. The lowest BCUT2D eigenvalue weighted by Gasteiger charge is -2.19. The maximum atomic E-state index is 12.4. The molecular formula is C13H10N2O3S. The molecule has 0 radical (unpaired) electrons. The summed E-state index contributed by atoms with van der Waals surface area (Å²) in [4.78, 5) is 12.3. The van der Waals surface area contributed by atoms with Gasteiger partial charge in [-0.05, 0) is 36.4 Å². The molecule has 0 fully saturated rings. The van der Waals surface area contributed by atoms with Crippen molar-refractivity contribution < 1.29 is 13.2 Å². The van der Waals surface area contributed by atoms with Crippen LogP contribution < -0.4 is 11.5 Å². The van der Waals surface area contributed by atoms with Crippen LogP contribution >= 0.6 is 0 Å². The van der Waals surface area contributed by atoms with E-state index in [-0.39, 0.29) is 26.7 Å². The van der Waals surface area contributed by atoms with Gasteiger partial charge in [0, 0.05) is 22.5 Å². The minimum atomic E-state index is -3.70. The van der Waals surface area contributed by atoms with Crippen molar-refractivity contribution in [3.63, 3.8) is 0 Å². The summed E-state index contributed by atoms with van der Waals surface area (Å²) < 4.78 is 24.9. The first-order valence-corrected chi connectivity index (χ1v) is 6.98. The fraction of sp³-hybridized carbons (Fsp3) is 0. The van der Waals surface area contributed by atoms with E-state index in [1.807, 2.05) is 0 Å². The molecule has 0 saturated carbocycles. The van der Waals surface area contributed by atoms with Gasteiger partial charge in [0.1, 0.15) is 0 Å². The molecule has 1 aliphatic rings. The molecule has 2 aromatic rings. The number of sulfone groups is 1. The summed E-state index contributed by atoms with van der Waals surface area (Å²) in [6.07, 6.45) is 0. The van der Waals surface area contributed by atoms with E-state index >= 15 is 0 Å². The highest BCUT2D eigenvalue weighted by atomic mass is 32.2. The molecule has 0 spiro atoms. The summed E-state index contributed by atoms with van der Waals surface area (Å²) in [6, 6.07) is 8.40. The van der Waals surface area contributed by atoms with Crippen LogP contribution in [0.4, 0.5) is 11.4 Å². The number of hydrogen-bond donors (Lipinski definition) is 2. The van der Waals surface area contributed by atoms with Gasteiger partial charge < -0.3 is 11.5 Å². The zero-order valence-electron chi connectivity index (χ0n) is 9.75. The van der Waals surface area contributed by atoms with Crippen molar-refractivity contribution in [1.82, 2.24) is 0 Å². The molecule has 3 rings (SSSR count). The number of nitrogens with two attached hydrogens (primary N) is 2. The smallest absolute Gasteiger partial charge is 0.208 e. The van der Waals surface area contributed by atoms with Crippen molar-refractivity contribution in [2.45, 2.75) is 9.79 Å². The molecule has 0 saturated heterocycles. The highest BCUT2D eigenvalue weighted by Crippen LogP contribution is 2.35. The van der Waals surface area contributed by atoms with Crippen LogP contribution in [0.3, 0.4) is 0 Å². The quantitative estimate of drug-likeness (QED) is 0.600. The number of carbonyl (C=O) groups excluding carboxylic acids is 1. The Morgan fingerprint density at radius 3 is 1.63 bits per heavy atom. The molecule has 0 bridgehead atoms. The Hall–Kier alpha value is -2.34. The molecule has 0 aromatic heterocycles. The molecule has 19 heavy (non-hydrogen) atoms. The van der Waals surface area contributed by atoms with Gasteiger partial charge in [0.2, 0.25) is 9.84 Å². The van der Waals surface area contributed by atoms with E-state index in [1.165, 1.54) is 36.4 Å². The van der Waals surface area contributed by atoms with E-state index in [2.05, 4.69) is 0 Å². The van der Waals surface area contributed by atoms with Crippen molar-refractivity contribution in [3.8, 4) is 0 Å². The number of benzene rings is 2. The lowest BCUT2D eigenvalue weighted by molar-refractivity contribution is 0.103. The SMILES string of the molecule is Nc1ccc2c(c1)C(=O)c1cc(N)ccc1S2(=O)=O. The Morgan fingerprint density at radius 2 is 1.21 bits per heavy atom. The molecule has 4 N–H and O–H groups in total. The standard InChI is InChI=1S/C13H10N2O3S/c14-7-1-3-11-9(5-7)13(16)10-6-8(15)2-4-12(10)19(11,17)18/h1-6H,14-15H2. The largest absolute Gasteiger partial charge is 0.399 e. The van der Waals surface area contributed by atoms with Crippen LogP contribution in [0.1, 0.15) is 15.9 Å². The van der Waals surface area contributed by atoms with Crippen LogP contribution in [0.2, 0.25) is 0 Å². The first kappa shape index (κ1) is 11.7. The maximum Gasteiger partial charge on any atom is 0.208 e. The Bertz CT molecular complexity index is 764. The zero-order valence-corrected chi connectivity index (χ0v) is 10.6. The van der Waals surface area contributed by atoms with Gasteiger partial charge in [-0.2, -0.15) is 0 Å². The number of rotatable bonds is 0. The van der Waals surface area contributed by atoms with Crippen molar-refractivity contribution in [3.05, 3.63) is 47.5 Å². The second-order valence-corrected chi connectivity index (χ2v) is 6.23. The van der Waals surface area contributed by atoms with Crippen LogP contribution in [0.5, 0.6) is 0 Å². The fourth-order valence-electron chi connectivity index (χ4n) is 2.18. The molecule has 0 amide bonds. The summed E-state index contributed by atoms with van der Waals surface area (Å²) in [7, 11) is -3.70. The molecular weight excluding hydrogens is 264 g/mol. The van der Waals surface area contributed by atoms with Gasteiger partial charge in [-0.25, -0.2) is 8.42 Å². The third kappa shape index (κ3) is 1.53. The van der Waals surface area contributed by atoms with Crippen LogP contribution in [0, 0.1) is 0 Å². The number of nitrogen functional groups attached to an aromatic ring is 2. The van der Waals surface area contributed by atoms with Crippen LogP contribution in [0.15, 0.2) is 46.2 Å². The van der Waals surface area contributed by atoms with E-state index in [0.717, 1.165) is 0 Å². The minimum absolute atomic E-state index is 0.0102. The van der Waals surface area contributed by atoms with Gasteiger partial charge in [-0.15, -0.1) is 0 Å². The number of fused-ring (bicyclic) bond motifs is 2. The molecule has 96 valence electrons. The second kappa shape index (κ2) is 3.58. The zero-order chi connectivity index (χ0) is 13.8. The lowest BCUT2D eigenvalue weighted by atomic mass is 10.0. The minimum Gasteiger partial charge on any atom is -0.399 e. The van der Waals surface area contributed by atoms with Crippen molar-refractivity contribution in [2.75, 3.05) is 11.5 Å². The van der Waals surface area contributed by atoms with Gasteiger partial charge in [-0.1, -0.05) is 0 Å². The predicted molar refractivity (Wildman–Crippen MR) is 70.6 cm³/mol. The summed E-state index contributed by atoms with van der Waals surface area (Å²) >= 11 is 0. The fourth-order valence-corrected chi connectivity index (χ4v) is 3.80. The van der Waals surface area contributed by atoms with Crippen molar-refractivity contribution in [2.24, 2.45) is 0 Å². The van der Waals surface area contributed by atoms with Gasteiger partial charge in [0.25, 0.3) is 0 Å². The Morgan fingerprint density at radius 1 is 0.789 bits per heavy atom. The third-order valence-electron chi connectivity index (χ3n) is 3.08. The Kier molecular flexibility index (Phi) is 2.21. The predicted octanol–water partition coefficient (Wildman–Crippen LogP) is 1.23. The van der Waals surface area contributed by atoms with Gasteiger partial charge in [-0.3, -0.25) is 4.79 Å². The molecule has 2 aromatic carbocycles. The maximum absolute atomic E-state index is 12.4. The molecule has 0 atom stereocenters. The highest BCUT2D eigenvalue weighted by Gasteiger charge is 2.34. The summed E-state index contributed by atoms with van der Waals surface area (Å²) in [6.45, 7) is 0. The number of carbonyl (C=O) groups is 1. The normalized spacial score (nSPS) is 15.7. The molecule has 6 heteroatoms. The number of ketones is 1. The van der Waals surface area contributed by atoms with E-state index in [1.54, 1.807) is 0 Å². The van der Waals surface area contributed by atoms with E-state index < -0.39 is 9.84 Å². The van der Waals surface area contributed by atoms with Crippen LogP contribution in [-0.4, -0.2) is 14.2 Å². The average molecular weight is 274 g/mol. The summed E-state index contributed by atoms with van der Waals surface area (Å²) in [5.74, 6) is -0.376. The van der Waals surface area contributed by atoms with Crippen molar-refractivity contribution >= 4 is 27.0 Å². The first-order valence-electron chi connectivity index (χ1n) is 5.50. The number of hydrogen-bond acceptors (Lipinski definition) is 5. The number of anilines is 2.